The number of hydrogen-bond donors (Lipinski definition) is 3. The number of rotatable bonds is 13. The van der Waals surface area contributed by atoms with Gasteiger partial charge in [-0.2, -0.15) is 0 Å². The first kappa shape index (κ1) is 30.0. The normalized spacial score (nSPS) is 11.9. The average Bonchev–Trinajstić information content (AvgIpc) is 3.35. The summed E-state index contributed by atoms with van der Waals surface area (Å²) in [5.41, 5.74) is 1.77. The van der Waals surface area contributed by atoms with Gasteiger partial charge in [0, 0.05) is 20.3 Å². The zero-order valence-electron chi connectivity index (χ0n) is 23.3. The molecule has 40 heavy (non-hydrogen) atoms. The number of hydrogen-bond acceptors (Lipinski definition) is 8. The molecule has 0 bridgehead atoms. The van der Waals surface area contributed by atoms with Crippen LogP contribution in [0.2, 0.25) is 0 Å². The Morgan fingerprint density at radius 3 is 2.75 bits per heavy atom. The number of anilines is 1. The molecule has 0 aromatic carbocycles. The maximum absolute atomic E-state index is 13.2. The van der Waals surface area contributed by atoms with Crippen molar-refractivity contribution < 1.29 is 19.1 Å². The molecule has 13 nitrogen and oxygen atoms in total. The molecule has 0 fully saturated rings. The van der Waals surface area contributed by atoms with Gasteiger partial charge < -0.3 is 29.8 Å². The molecule has 0 unspecified atom stereocenters. The fourth-order valence-electron chi connectivity index (χ4n) is 3.93. The number of nitrogens with zero attached hydrogens (tertiary/aromatic N) is 5. The van der Waals surface area contributed by atoms with Crippen LogP contribution in [0.15, 0.2) is 41.6 Å². The van der Waals surface area contributed by atoms with Gasteiger partial charge in [-0.1, -0.05) is 25.8 Å². The summed E-state index contributed by atoms with van der Waals surface area (Å²) in [7, 11) is 4.44. The van der Waals surface area contributed by atoms with E-state index in [1.165, 1.54) is 35.0 Å². The molecule has 0 radical (unpaired) electrons. The van der Waals surface area contributed by atoms with E-state index in [9.17, 15) is 19.2 Å². The van der Waals surface area contributed by atoms with Crippen LogP contribution in [0, 0.1) is 0 Å². The number of carbonyl (C=O) groups is 3. The van der Waals surface area contributed by atoms with E-state index in [4.69, 9.17) is 0 Å². The van der Waals surface area contributed by atoms with Crippen molar-refractivity contribution in [2.75, 3.05) is 26.5 Å². The number of carbonyl (C=O) groups excluding carboxylic acids is 3. The molecule has 3 aromatic heterocycles. The van der Waals surface area contributed by atoms with Crippen LogP contribution in [-0.4, -0.2) is 74.6 Å². The van der Waals surface area contributed by atoms with E-state index in [-0.39, 0.29) is 24.6 Å². The third kappa shape index (κ3) is 8.22. The first-order chi connectivity index (χ1) is 19.2. The quantitative estimate of drug-likeness (QED) is 0.215. The molecule has 3 N–H and O–H groups in total. The number of pyridine rings is 1. The summed E-state index contributed by atoms with van der Waals surface area (Å²) in [5, 5.41) is 5.07. The smallest absolute Gasteiger partial charge is 0.407 e. The van der Waals surface area contributed by atoms with Gasteiger partial charge in [-0.25, -0.2) is 19.7 Å². The Kier molecular flexibility index (Phi) is 10.9. The molecule has 0 aliphatic rings. The van der Waals surface area contributed by atoms with Gasteiger partial charge in [0.2, 0.25) is 11.8 Å². The molecule has 0 saturated heterocycles. The van der Waals surface area contributed by atoms with Gasteiger partial charge in [-0.05, 0) is 43.9 Å². The second-order valence-electron chi connectivity index (χ2n) is 9.40. The lowest BCUT2D eigenvalue weighted by Crippen LogP contribution is -2.44. The van der Waals surface area contributed by atoms with Crippen molar-refractivity contribution in [1.29, 1.82) is 0 Å². The second kappa shape index (κ2) is 14.6. The van der Waals surface area contributed by atoms with E-state index >= 15 is 0 Å². The van der Waals surface area contributed by atoms with Gasteiger partial charge in [-0.15, -0.1) is 0 Å². The molecule has 13 heteroatoms. The van der Waals surface area contributed by atoms with E-state index in [2.05, 4.69) is 42.2 Å². The SMILES string of the molecule is CCCCCc1ncnc2nc(Cn3cccc(NC(=O)[C@H](CC/C=C/C(=O)N(C)C)NC(=O)OC)c3=O)[nH]c12. The first-order valence-corrected chi connectivity index (χ1v) is 13.1. The highest BCUT2D eigenvalue weighted by atomic mass is 16.5. The number of methoxy groups -OCH3 is 1. The fourth-order valence-corrected chi connectivity index (χ4v) is 3.93. The van der Waals surface area contributed by atoms with Crippen LogP contribution in [0.5, 0.6) is 0 Å². The predicted molar refractivity (Wildman–Crippen MR) is 150 cm³/mol. The third-order valence-corrected chi connectivity index (χ3v) is 6.15. The number of amides is 3. The third-order valence-electron chi connectivity index (χ3n) is 6.15. The van der Waals surface area contributed by atoms with Gasteiger partial charge >= 0.3 is 6.09 Å². The van der Waals surface area contributed by atoms with Gasteiger partial charge in [0.15, 0.2) is 5.65 Å². The summed E-state index contributed by atoms with van der Waals surface area (Å²) in [5.74, 6) is -0.263. The molecule has 3 amide bonds. The van der Waals surface area contributed by atoms with Crippen molar-refractivity contribution in [1.82, 2.24) is 34.7 Å². The maximum Gasteiger partial charge on any atom is 0.407 e. The fraction of sp³-hybridized carbons (Fsp3) is 0.444. The maximum atomic E-state index is 13.2. The van der Waals surface area contributed by atoms with Crippen molar-refractivity contribution in [3.63, 3.8) is 0 Å². The minimum atomic E-state index is -1.00. The van der Waals surface area contributed by atoms with Gasteiger partial charge in [0.1, 0.15) is 29.4 Å². The number of aromatic nitrogens is 5. The van der Waals surface area contributed by atoms with Crippen molar-refractivity contribution in [3.05, 3.63) is 58.7 Å². The molecule has 0 aliphatic heterocycles. The largest absolute Gasteiger partial charge is 0.453 e. The summed E-state index contributed by atoms with van der Waals surface area (Å²) >= 11 is 0. The summed E-state index contributed by atoms with van der Waals surface area (Å²) in [6.07, 6.45) is 9.82. The van der Waals surface area contributed by atoms with Gasteiger partial charge in [0.05, 0.1) is 19.3 Å². The minimum Gasteiger partial charge on any atom is -0.453 e. The number of allylic oxidation sites excluding steroid dienone is 1. The Bertz CT molecular complexity index is 1410. The number of ether oxygens (including phenoxy) is 1. The average molecular weight is 553 g/mol. The van der Waals surface area contributed by atoms with Crippen molar-refractivity contribution in [2.45, 2.75) is 58.0 Å². The van der Waals surface area contributed by atoms with Crippen LogP contribution in [0.1, 0.15) is 50.5 Å². The molecule has 0 spiro atoms. The van der Waals surface area contributed by atoms with E-state index < -0.39 is 23.6 Å². The van der Waals surface area contributed by atoms with Crippen LogP contribution in [0.3, 0.4) is 0 Å². The lowest BCUT2D eigenvalue weighted by atomic mass is 10.1. The van der Waals surface area contributed by atoms with Crippen LogP contribution < -0.4 is 16.2 Å². The monoisotopic (exact) mass is 552 g/mol. The number of unbranched alkanes of at least 4 members (excludes halogenated alkanes) is 2. The minimum absolute atomic E-state index is 0.0404. The number of alkyl carbamates (subject to hydrolysis) is 1. The Hall–Kier alpha value is -4.55. The summed E-state index contributed by atoms with van der Waals surface area (Å²) in [6, 6.07) is 2.12. The number of nitrogens with one attached hydrogen (secondary N) is 3. The molecule has 0 aliphatic carbocycles. The molecule has 3 aromatic rings. The van der Waals surface area contributed by atoms with Crippen LogP contribution in [0.25, 0.3) is 11.2 Å². The van der Waals surface area contributed by atoms with Crippen molar-refractivity contribution in [3.8, 4) is 0 Å². The van der Waals surface area contributed by atoms with Crippen LogP contribution in [0.4, 0.5) is 10.5 Å². The van der Waals surface area contributed by atoms with E-state index in [1.54, 1.807) is 32.4 Å². The number of imidazole rings is 1. The molecule has 214 valence electrons. The van der Waals surface area contributed by atoms with Crippen molar-refractivity contribution in [2.24, 2.45) is 0 Å². The summed E-state index contributed by atoms with van der Waals surface area (Å²) < 4.78 is 6.04. The first-order valence-electron chi connectivity index (χ1n) is 13.1. The highest BCUT2D eigenvalue weighted by Crippen LogP contribution is 2.15. The molecular weight excluding hydrogens is 516 g/mol. The van der Waals surface area contributed by atoms with Gasteiger partial charge in [0.25, 0.3) is 5.56 Å². The Balaban J connectivity index is 1.73. The van der Waals surface area contributed by atoms with E-state index in [0.29, 0.717) is 17.9 Å². The Labute approximate surface area is 232 Å². The molecule has 3 heterocycles. The second-order valence-corrected chi connectivity index (χ2v) is 9.40. The number of aromatic amines is 1. The van der Waals surface area contributed by atoms with Crippen LogP contribution in [-0.2, 0) is 27.3 Å². The predicted octanol–water partition coefficient (Wildman–Crippen LogP) is 2.38. The number of aryl methyl sites for hydroxylation is 1. The standard InChI is InChI=1S/C27H36N8O5/c1-5-6-7-11-18-23-24(29-17-28-18)33-21(32-23)16-35-15-10-13-20(26(35)38)30-25(37)19(31-27(39)40-4)12-8-9-14-22(36)34(2)3/h9-10,13-15,17,19H,5-8,11-12,16H2,1-4H3,(H,30,37)(H,31,39)(H,28,29,32,33)/b14-9+/t19-/m0/s1. The molecular formula is C27H36N8O5. The van der Waals surface area contributed by atoms with Crippen LogP contribution >= 0.6 is 0 Å². The van der Waals surface area contributed by atoms with E-state index in [0.717, 1.165) is 36.9 Å². The van der Waals surface area contributed by atoms with Gasteiger partial charge in [-0.3, -0.25) is 14.4 Å². The lowest BCUT2D eigenvalue weighted by Gasteiger charge is -2.17. The number of likely N-dealkylation sites (N-methyl/N-ethyl adjacent to an activating group) is 1. The molecule has 3 rings (SSSR count). The van der Waals surface area contributed by atoms with E-state index in [1.807, 2.05) is 0 Å². The lowest BCUT2D eigenvalue weighted by molar-refractivity contribution is -0.123. The Morgan fingerprint density at radius 1 is 1.23 bits per heavy atom. The highest BCUT2D eigenvalue weighted by molar-refractivity contribution is 5.96. The summed E-state index contributed by atoms with van der Waals surface area (Å²) in [6.45, 7) is 2.27. The highest BCUT2D eigenvalue weighted by Gasteiger charge is 2.22. The zero-order chi connectivity index (χ0) is 29.1. The Morgan fingerprint density at radius 2 is 2.02 bits per heavy atom. The van der Waals surface area contributed by atoms with Crippen molar-refractivity contribution >= 4 is 34.8 Å². The topological polar surface area (TPSA) is 164 Å². The summed E-state index contributed by atoms with van der Waals surface area (Å²) in [4.78, 5) is 67.6. The molecule has 1 atom stereocenters. The number of H-pyrrole nitrogens is 1. The number of fused-ring (bicyclic) bond motifs is 1. The zero-order valence-corrected chi connectivity index (χ0v) is 23.3. The molecule has 0 saturated carbocycles.